The number of methoxy groups -OCH3 is 1. The van der Waals surface area contributed by atoms with Crippen molar-refractivity contribution in [2.45, 2.75) is 18.9 Å². The quantitative estimate of drug-likeness (QED) is 0.692. The minimum absolute atomic E-state index is 0.000214. The number of fused-ring (bicyclic) bond motifs is 1. The molecule has 2 aromatic carbocycles. The van der Waals surface area contributed by atoms with E-state index in [1.165, 1.54) is 24.4 Å². The van der Waals surface area contributed by atoms with Crippen molar-refractivity contribution >= 4 is 33.6 Å². The predicted octanol–water partition coefficient (Wildman–Crippen LogP) is 4.38. The smallest absolute Gasteiger partial charge is 0.229 e. The maximum Gasteiger partial charge on any atom is 0.229 e. The van der Waals surface area contributed by atoms with Gasteiger partial charge in [-0.1, -0.05) is 42.1 Å². The third-order valence-corrected chi connectivity index (χ3v) is 7.08. The van der Waals surface area contributed by atoms with Crippen LogP contribution in [0.25, 0.3) is 0 Å². The second-order valence-electron chi connectivity index (χ2n) is 7.19. The van der Waals surface area contributed by atoms with Gasteiger partial charge in [-0.2, -0.15) is 5.26 Å². The Balaban J connectivity index is 1.63. The zero-order valence-electron chi connectivity index (χ0n) is 16.3. The van der Waals surface area contributed by atoms with Gasteiger partial charge in [0.05, 0.1) is 40.8 Å². The van der Waals surface area contributed by atoms with Crippen molar-refractivity contribution in [2.75, 3.05) is 19.7 Å². The van der Waals surface area contributed by atoms with Gasteiger partial charge in [0, 0.05) is 18.9 Å². The van der Waals surface area contributed by atoms with Crippen LogP contribution in [0.1, 0.15) is 23.5 Å². The number of ether oxygens (including phenoxy) is 1. The Morgan fingerprint density at radius 3 is 2.80 bits per heavy atom. The minimum atomic E-state index is -0.368. The van der Waals surface area contributed by atoms with Gasteiger partial charge in [0.25, 0.3) is 0 Å². The van der Waals surface area contributed by atoms with Gasteiger partial charge in [-0.25, -0.2) is 0 Å². The van der Waals surface area contributed by atoms with Gasteiger partial charge in [0.15, 0.2) is 11.5 Å². The fourth-order valence-corrected chi connectivity index (χ4v) is 5.38. The minimum Gasteiger partial charge on any atom is -0.503 e. The lowest BCUT2D eigenvalue weighted by atomic mass is 9.86. The Kier molecular flexibility index (Phi) is 6.04. The fourth-order valence-electron chi connectivity index (χ4n) is 3.78. The molecule has 0 bridgehead atoms. The molecule has 4 rings (SSSR count). The lowest BCUT2D eigenvalue weighted by Gasteiger charge is -2.41. The second kappa shape index (κ2) is 8.72. The number of rotatable bonds is 4. The number of nitriles is 1. The van der Waals surface area contributed by atoms with Crippen LogP contribution in [-0.4, -0.2) is 40.5 Å². The van der Waals surface area contributed by atoms with Crippen LogP contribution >= 0.6 is 27.7 Å². The largest absolute Gasteiger partial charge is 0.503 e. The lowest BCUT2D eigenvalue weighted by Crippen LogP contribution is -2.46. The van der Waals surface area contributed by atoms with E-state index in [9.17, 15) is 15.2 Å². The number of carbonyl (C=O) groups excluding carboxylic acids is 1. The van der Waals surface area contributed by atoms with Crippen LogP contribution in [0.4, 0.5) is 0 Å². The maximum absolute atomic E-state index is 13.0. The third kappa shape index (κ3) is 3.93. The summed E-state index contributed by atoms with van der Waals surface area (Å²) in [4.78, 5) is 16.9. The van der Waals surface area contributed by atoms with Gasteiger partial charge >= 0.3 is 0 Å². The van der Waals surface area contributed by atoms with Crippen molar-refractivity contribution in [1.29, 1.82) is 5.26 Å². The van der Waals surface area contributed by atoms with E-state index >= 15 is 0 Å². The molecule has 0 unspecified atom stereocenters. The molecule has 6 nitrogen and oxygen atoms in total. The number of allylic oxidation sites excluding steroid dienone is 1. The predicted molar refractivity (Wildman–Crippen MR) is 119 cm³/mol. The van der Waals surface area contributed by atoms with E-state index in [0.717, 1.165) is 17.1 Å². The summed E-state index contributed by atoms with van der Waals surface area (Å²) in [5, 5.41) is 20.8. The van der Waals surface area contributed by atoms with E-state index in [1.807, 2.05) is 18.2 Å². The first kappa shape index (κ1) is 20.8. The summed E-state index contributed by atoms with van der Waals surface area (Å²) in [5.74, 6) is 0.630. The molecule has 0 spiro atoms. The summed E-state index contributed by atoms with van der Waals surface area (Å²) in [6.45, 7) is 1.22. The molecule has 154 valence electrons. The number of thioether (sulfide) groups is 1. The molecule has 30 heavy (non-hydrogen) atoms. The molecule has 1 amide bonds. The normalized spacial score (nSPS) is 19.4. The van der Waals surface area contributed by atoms with E-state index < -0.39 is 0 Å². The van der Waals surface area contributed by atoms with E-state index in [0.29, 0.717) is 28.3 Å². The van der Waals surface area contributed by atoms with Crippen LogP contribution in [0.3, 0.4) is 0 Å². The van der Waals surface area contributed by atoms with Gasteiger partial charge < -0.3 is 9.84 Å². The van der Waals surface area contributed by atoms with E-state index in [-0.39, 0.29) is 24.0 Å². The molecule has 0 aromatic heterocycles. The molecule has 2 aliphatic heterocycles. The number of benzene rings is 2. The van der Waals surface area contributed by atoms with Crippen LogP contribution in [-0.2, 0) is 11.3 Å². The highest BCUT2D eigenvalue weighted by molar-refractivity contribution is 9.10. The first-order chi connectivity index (χ1) is 14.5. The molecule has 8 heteroatoms. The standard InChI is InChI=1S/C22H20BrN3O3S/c1-29-19-8-15(7-18(23)21(19)28)16-9-20(27)26-12-25(11-14-5-3-2-4-6-14)13-30-22(26)17(16)10-24/h2-8,16,28H,9,11-13H2,1H3/t16-/m0/s1. The number of phenols is 1. The number of hydrogen-bond acceptors (Lipinski definition) is 6. The summed E-state index contributed by atoms with van der Waals surface area (Å²) < 4.78 is 5.72. The van der Waals surface area contributed by atoms with Crippen LogP contribution in [0.5, 0.6) is 11.5 Å². The van der Waals surface area contributed by atoms with Gasteiger partial charge in [0.1, 0.15) is 0 Å². The van der Waals surface area contributed by atoms with E-state index in [1.54, 1.807) is 17.0 Å². The summed E-state index contributed by atoms with van der Waals surface area (Å²) in [5.41, 5.74) is 2.54. The average Bonchev–Trinajstić information content (AvgIpc) is 2.76. The maximum atomic E-state index is 13.0. The van der Waals surface area contributed by atoms with Crippen molar-refractivity contribution in [3.63, 3.8) is 0 Å². The highest BCUT2D eigenvalue weighted by Crippen LogP contribution is 2.45. The van der Waals surface area contributed by atoms with Crippen LogP contribution in [0, 0.1) is 11.3 Å². The number of amides is 1. The Bertz CT molecular complexity index is 1050. The molecule has 0 saturated carbocycles. The van der Waals surface area contributed by atoms with Crippen LogP contribution < -0.4 is 4.74 Å². The molecule has 1 N–H and O–H groups in total. The summed E-state index contributed by atoms with van der Waals surface area (Å²) in [6, 6.07) is 15.9. The Labute approximate surface area is 187 Å². The van der Waals surface area contributed by atoms with E-state index in [4.69, 9.17) is 4.74 Å². The molecule has 1 fully saturated rings. The molecular formula is C22H20BrN3O3S. The van der Waals surface area contributed by atoms with Gasteiger partial charge in [-0.3, -0.25) is 14.6 Å². The summed E-state index contributed by atoms with van der Waals surface area (Å²) in [7, 11) is 1.47. The number of hydrogen-bond donors (Lipinski definition) is 1. The Hall–Kier alpha value is -2.47. The molecule has 2 aliphatic rings. The zero-order valence-corrected chi connectivity index (χ0v) is 18.7. The molecule has 2 heterocycles. The van der Waals surface area contributed by atoms with Gasteiger partial charge in [-0.05, 0) is 39.2 Å². The molecule has 2 aromatic rings. The molecule has 0 radical (unpaired) electrons. The number of halogens is 1. The van der Waals surface area contributed by atoms with Crippen molar-refractivity contribution in [3.8, 4) is 17.6 Å². The van der Waals surface area contributed by atoms with Gasteiger partial charge in [0.2, 0.25) is 5.91 Å². The zero-order chi connectivity index (χ0) is 21.3. The highest BCUT2D eigenvalue weighted by Gasteiger charge is 2.38. The number of phenolic OH excluding ortho intramolecular Hbond substituents is 1. The summed E-state index contributed by atoms with van der Waals surface area (Å²) >= 11 is 4.86. The van der Waals surface area contributed by atoms with Gasteiger partial charge in [-0.15, -0.1) is 0 Å². The third-order valence-electron chi connectivity index (χ3n) is 5.27. The lowest BCUT2D eigenvalue weighted by molar-refractivity contribution is -0.131. The number of nitrogens with zero attached hydrogens (tertiary/aromatic N) is 3. The topological polar surface area (TPSA) is 76.8 Å². The van der Waals surface area contributed by atoms with Crippen LogP contribution in [0.2, 0.25) is 0 Å². The van der Waals surface area contributed by atoms with Crippen molar-refractivity contribution in [2.24, 2.45) is 0 Å². The second-order valence-corrected chi connectivity index (χ2v) is 8.98. The fraction of sp³-hybridized carbons (Fsp3) is 0.273. The molecule has 1 atom stereocenters. The molecular weight excluding hydrogens is 466 g/mol. The van der Waals surface area contributed by atoms with Crippen LogP contribution in [0.15, 0.2) is 57.5 Å². The van der Waals surface area contributed by atoms with Crippen molar-refractivity contribution < 1.29 is 14.6 Å². The number of aromatic hydroxyl groups is 1. The number of carbonyl (C=O) groups is 1. The highest BCUT2D eigenvalue weighted by atomic mass is 79.9. The Morgan fingerprint density at radius 2 is 2.10 bits per heavy atom. The SMILES string of the molecule is COc1cc([C@@H]2CC(=O)N3CN(Cc4ccccc4)CSC3=C2C#N)cc(Br)c1O. The monoisotopic (exact) mass is 485 g/mol. The van der Waals surface area contributed by atoms with Crippen molar-refractivity contribution in [3.05, 3.63) is 68.7 Å². The average molecular weight is 486 g/mol. The molecule has 1 saturated heterocycles. The van der Waals surface area contributed by atoms with E-state index in [2.05, 4.69) is 39.0 Å². The first-order valence-electron chi connectivity index (χ1n) is 9.42. The summed E-state index contributed by atoms with van der Waals surface area (Å²) in [6.07, 6.45) is 0.201. The Morgan fingerprint density at radius 1 is 1.33 bits per heavy atom. The molecule has 0 aliphatic carbocycles. The first-order valence-corrected chi connectivity index (χ1v) is 11.2. The van der Waals surface area contributed by atoms with Crippen molar-refractivity contribution in [1.82, 2.24) is 9.80 Å².